The van der Waals surface area contributed by atoms with Crippen LogP contribution in [-0.4, -0.2) is 18.4 Å². The van der Waals surface area contributed by atoms with E-state index >= 15 is 0 Å². The summed E-state index contributed by atoms with van der Waals surface area (Å²) in [7, 11) is 0. The number of ether oxygens (including phenoxy) is 1. The molecule has 0 aromatic heterocycles. The highest BCUT2D eigenvalue weighted by Gasteiger charge is 2.18. The molecule has 0 N–H and O–H groups in total. The van der Waals surface area contributed by atoms with Gasteiger partial charge in [0.1, 0.15) is 0 Å². The van der Waals surface area contributed by atoms with Gasteiger partial charge in [0, 0.05) is 6.42 Å². The summed E-state index contributed by atoms with van der Waals surface area (Å²) < 4.78 is 4.58. The number of esters is 1. The van der Waals surface area contributed by atoms with Crippen molar-refractivity contribution in [2.45, 2.75) is 40.5 Å². The Balaban J connectivity index is 3.82. The molecular formula is C10H18O3. The van der Waals surface area contributed by atoms with Crippen molar-refractivity contribution in [3.63, 3.8) is 0 Å². The average Bonchev–Trinajstić information content (AvgIpc) is 1.99. The molecule has 13 heavy (non-hydrogen) atoms. The van der Waals surface area contributed by atoms with Gasteiger partial charge in [-0.3, -0.25) is 4.79 Å². The van der Waals surface area contributed by atoms with Gasteiger partial charge >= 0.3 is 5.97 Å². The lowest BCUT2D eigenvalue weighted by molar-refractivity contribution is -0.153. The predicted octanol–water partition coefficient (Wildman–Crippen LogP) is 1.94. The second kappa shape index (κ2) is 5.00. The van der Waals surface area contributed by atoms with Gasteiger partial charge in [-0.15, -0.1) is 0 Å². The first-order valence-electron chi connectivity index (χ1n) is 4.57. The Morgan fingerprint density at radius 3 is 2.15 bits per heavy atom. The fraction of sp³-hybridized carbons (Fsp3) is 0.800. The molecule has 0 aromatic carbocycles. The Bertz CT molecular complexity index is 189. The Morgan fingerprint density at radius 2 is 1.77 bits per heavy atom. The van der Waals surface area contributed by atoms with E-state index in [4.69, 9.17) is 0 Å². The number of carbonyl (C=O) groups is 2. The van der Waals surface area contributed by atoms with E-state index in [0.29, 0.717) is 6.42 Å². The van der Waals surface area contributed by atoms with Crippen LogP contribution in [0.4, 0.5) is 0 Å². The maximum absolute atomic E-state index is 11.1. The van der Waals surface area contributed by atoms with Gasteiger partial charge < -0.3 is 4.74 Å². The standard InChI is InChI=1S/C10H18O3/c1-5-13-9(12)8(11)6-7-10(2,3)4/h5-7H2,1-4H3. The summed E-state index contributed by atoms with van der Waals surface area (Å²) in [5.41, 5.74) is 0.0855. The summed E-state index contributed by atoms with van der Waals surface area (Å²) in [4.78, 5) is 22.0. The quantitative estimate of drug-likeness (QED) is 0.498. The van der Waals surface area contributed by atoms with Crippen molar-refractivity contribution in [1.82, 2.24) is 0 Å². The minimum Gasteiger partial charge on any atom is -0.460 e. The first-order chi connectivity index (χ1) is 5.87. The van der Waals surface area contributed by atoms with Gasteiger partial charge in [-0.25, -0.2) is 4.79 Å². The van der Waals surface area contributed by atoms with Gasteiger partial charge in [0.15, 0.2) is 0 Å². The Kier molecular flexibility index (Phi) is 4.67. The van der Waals surface area contributed by atoms with Crippen LogP contribution in [0, 0.1) is 5.41 Å². The number of carbonyl (C=O) groups excluding carboxylic acids is 2. The number of hydrogen-bond acceptors (Lipinski definition) is 3. The van der Waals surface area contributed by atoms with E-state index in [1.165, 1.54) is 0 Å². The molecule has 0 radical (unpaired) electrons. The molecule has 0 spiro atoms. The van der Waals surface area contributed by atoms with Crippen LogP contribution in [0.3, 0.4) is 0 Å². The highest BCUT2D eigenvalue weighted by atomic mass is 16.5. The molecule has 3 nitrogen and oxygen atoms in total. The lowest BCUT2D eigenvalue weighted by atomic mass is 9.89. The minimum atomic E-state index is -0.702. The molecule has 0 heterocycles. The van der Waals surface area contributed by atoms with E-state index in [-0.39, 0.29) is 18.4 Å². The van der Waals surface area contributed by atoms with Gasteiger partial charge in [0.25, 0.3) is 0 Å². The van der Waals surface area contributed by atoms with Crippen molar-refractivity contribution in [1.29, 1.82) is 0 Å². The van der Waals surface area contributed by atoms with Crippen LogP contribution in [0.15, 0.2) is 0 Å². The molecule has 3 heteroatoms. The zero-order valence-electron chi connectivity index (χ0n) is 8.85. The molecule has 0 rings (SSSR count). The lowest BCUT2D eigenvalue weighted by Gasteiger charge is -2.16. The topological polar surface area (TPSA) is 43.4 Å². The van der Waals surface area contributed by atoms with E-state index in [2.05, 4.69) is 4.74 Å². The third-order valence-corrected chi connectivity index (χ3v) is 1.61. The average molecular weight is 186 g/mol. The van der Waals surface area contributed by atoms with Crippen molar-refractivity contribution < 1.29 is 14.3 Å². The normalized spacial score (nSPS) is 11.1. The monoisotopic (exact) mass is 186 g/mol. The molecule has 0 fully saturated rings. The van der Waals surface area contributed by atoms with Crippen molar-refractivity contribution in [3.05, 3.63) is 0 Å². The molecular weight excluding hydrogens is 168 g/mol. The van der Waals surface area contributed by atoms with Gasteiger partial charge in [-0.2, -0.15) is 0 Å². The number of ketones is 1. The maximum atomic E-state index is 11.1. The second-order valence-electron chi connectivity index (χ2n) is 4.20. The Hall–Kier alpha value is -0.860. The van der Waals surface area contributed by atoms with Crippen LogP contribution >= 0.6 is 0 Å². The Labute approximate surface area is 79.5 Å². The molecule has 0 amide bonds. The molecule has 0 atom stereocenters. The van der Waals surface area contributed by atoms with E-state index < -0.39 is 11.8 Å². The zero-order valence-corrected chi connectivity index (χ0v) is 8.85. The first-order valence-corrected chi connectivity index (χ1v) is 4.57. The van der Waals surface area contributed by atoms with Gasteiger partial charge in [-0.1, -0.05) is 20.8 Å². The van der Waals surface area contributed by atoms with Crippen molar-refractivity contribution >= 4 is 11.8 Å². The number of Topliss-reactive ketones (excluding diaryl/α,β-unsaturated/α-hetero) is 1. The highest BCUT2D eigenvalue weighted by Crippen LogP contribution is 2.20. The van der Waals surface area contributed by atoms with Crippen LogP contribution in [0.2, 0.25) is 0 Å². The number of rotatable bonds is 4. The smallest absolute Gasteiger partial charge is 0.374 e. The number of hydrogen-bond donors (Lipinski definition) is 0. The van der Waals surface area contributed by atoms with Crippen LogP contribution in [0.5, 0.6) is 0 Å². The lowest BCUT2D eigenvalue weighted by Crippen LogP contribution is -2.19. The van der Waals surface area contributed by atoms with E-state index in [1.807, 2.05) is 20.8 Å². The third kappa shape index (κ3) is 6.31. The third-order valence-electron chi connectivity index (χ3n) is 1.61. The van der Waals surface area contributed by atoms with Crippen LogP contribution in [-0.2, 0) is 14.3 Å². The van der Waals surface area contributed by atoms with E-state index in [9.17, 15) is 9.59 Å². The summed E-state index contributed by atoms with van der Waals surface area (Å²) in [5.74, 6) is -1.12. The molecule has 0 saturated carbocycles. The summed E-state index contributed by atoms with van der Waals surface area (Å²) >= 11 is 0. The summed E-state index contributed by atoms with van der Waals surface area (Å²) in [6, 6.07) is 0. The molecule has 0 bridgehead atoms. The molecule has 0 aromatic rings. The summed E-state index contributed by atoms with van der Waals surface area (Å²) in [6.07, 6.45) is 0.993. The summed E-state index contributed by atoms with van der Waals surface area (Å²) in [6.45, 7) is 8.05. The van der Waals surface area contributed by atoms with Crippen molar-refractivity contribution in [2.24, 2.45) is 5.41 Å². The molecule has 0 aliphatic heterocycles. The highest BCUT2D eigenvalue weighted by molar-refractivity contribution is 6.33. The van der Waals surface area contributed by atoms with Gasteiger partial charge in [0.05, 0.1) is 6.61 Å². The fourth-order valence-corrected chi connectivity index (χ4v) is 0.802. The molecule has 0 saturated heterocycles. The SMILES string of the molecule is CCOC(=O)C(=O)CCC(C)(C)C. The molecule has 76 valence electrons. The van der Waals surface area contributed by atoms with Crippen LogP contribution < -0.4 is 0 Å². The zero-order chi connectivity index (χ0) is 10.5. The first kappa shape index (κ1) is 12.1. The van der Waals surface area contributed by atoms with Gasteiger partial charge in [0.2, 0.25) is 5.78 Å². The Morgan fingerprint density at radius 1 is 1.23 bits per heavy atom. The van der Waals surface area contributed by atoms with Crippen LogP contribution in [0.25, 0.3) is 0 Å². The minimum absolute atomic E-state index is 0.0855. The summed E-state index contributed by atoms with van der Waals surface area (Å²) in [5, 5.41) is 0. The largest absolute Gasteiger partial charge is 0.460 e. The predicted molar refractivity (Wildman–Crippen MR) is 50.3 cm³/mol. The van der Waals surface area contributed by atoms with Crippen LogP contribution in [0.1, 0.15) is 40.5 Å². The second-order valence-corrected chi connectivity index (χ2v) is 4.20. The van der Waals surface area contributed by atoms with Crippen molar-refractivity contribution in [2.75, 3.05) is 6.61 Å². The maximum Gasteiger partial charge on any atom is 0.374 e. The molecule has 0 aliphatic rings. The van der Waals surface area contributed by atoms with E-state index in [1.54, 1.807) is 6.92 Å². The van der Waals surface area contributed by atoms with Gasteiger partial charge in [-0.05, 0) is 18.8 Å². The van der Waals surface area contributed by atoms with E-state index in [0.717, 1.165) is 0 Å². The molecule has 0 aliphatic carbocycles. The fourth-order valence-electron chi connectivity index (χ4n) is 0.802. The van der Waals surface area contributed by atoms with Crippen molar-refractivity contribution in [3.8, 4) is 0 Å². The molecule has 0 unspecified atom stereocenters.